The predicted molar refractivity (Wildman–Crippen MR) is 82.2 cm³/mol. The number of hydrogen-bond acceptors (Lipinski definition) is 3. The highest BCUT2D eigenvalue weighted by atomic mass is 32.2. The zero-order valence-corrected chi connectivity index (χ0v) is 12.8. The summed E-state index contributed by atoms with van der Waals surface area (Å²) in [5.74, 6) is 3.65. The minimum atomic E-state index is -0.0524. The lowest BCUT2D eigenvalue weighted by atomic mass is 10.1. The first-order valence-corrected chi connectivity index (χ1v) is 9.42. The van der Waals surface area contributed by atoms with Crippen LogP contribution in [0.4, 0.5) is 0 Å². The van der Waals surface area contributed by atoms with E-state index >= 15 is 0 Å². The van der Waals surface area contributed by atoms with E-state index in [-0.39, 0.29) is 6.10 Å². The second-order valence-corrected chi connectivity index (χ2v) is 7.46. The van der Waals surface area contributed by atoms with Crippen molar-refractivity contribution in [2.24, 2.45) is 0 Å². The zero-order valence-electron chi connectivity index (χ0n) is 11.2. The molecule has 1 heterocycles. The van der Waals surface area contributed by atoms with Crippen molar-refractivity contribution in [3.8, 4) is 0 Å². The van der Waals surface area contributed by atoms with E-state index in [2.05, 4.69) is 6.92 Å². The average Bonchev–Trinajstić information content (AvgIpc) is 2.38. The van der Waals surface area contributed by atoms with Crippen LogP contribution in [0.3, 0.4) is 0 Å². The van der Waals surface area contributed by atoms with E-state index in [0.717, 1.165) is 12.2 Å². The molecule has 102 valence electrons. The number of aliphatic hydroxyl groups is 1. The minimum Gasteiger partial charge on any atom is -0.392 e. The van der Waals surface area contributed by atoms with E-state index in [1.807, 2.05) is 23.5 Å². The van der Waals surface area contributed by atoms with Gasteiger partial charge >= 0.3 is 0 Å². The highest BCUT2D eigenvalue weighted by Gasteiger charge is 2.21. The summed E-state index contributed by atoms with van der Waals surface area (Å²) in [6.07, 6.45) is 10.4. The molecule has 0 bridgehead atoms. The van der Waals surface area contributed by atoms with Gasteiger partial charge in [-0.05, 0) is 6.42 Å². The maximum atomic E-state index is 10.1. The van der Waals surface area contributed by atoms with E-state index < -0.39 is 0 Å². The highest BCUT2D eigenvalue weighted by molar-refractivity contribution is 8.06. The molecule has 1 N–H and O–H groups in total. The molecule has 1 aliphatic heterocycles. The summed E-state index contributed by atoms with van der Waals surface area (Å²) in [6.45, 7) is 2.26. The molecule has 1 rings (SSSR count). The number of unbranched alkanes of at least 4 members (excludes halogenated alkanes) is 6. The van der Waals surface area contributed by atoms with E-state index in [0.29, 0.717) is 5.25 Å². The average molecular weight is 277 g/mol. The summed E-state index contributed by atoms with van der Waals surface area (Å²) in [4.78, 5) is 0. The molecule has 1 aliphatic rings. The number of rotatable bonds is 9. The van der Waals surface area contributed by atoms with Crippen LogP contribution in [0.5, 0.6) is 0 Å². The molecule has 1 saturated heterocycles. The van der Waals surface area contributed by atoms with Crippen LogP contribution in [-0.4, -0.2) is 33.7 Å². The quantitative estimate of drug-likeness (QED) is 0.633. The van der Waals surface area contributed by atoms with Gasteiger partial charge in [-0.15, -0.1) is 0 Å². The lowest BCUT2D eigenvalue weighted by Gasteiger charge is -2.25. The van der Waals surface area contributed by atoms with Crippen molar-refractivity contribution in [3.63, 3.8) is 0 Å². The zero-order chi connectivity index (χ0) is 12.3. The van der Waals surface area contributed by atoms with Gasteiger partial charge in [-0.25, -0.2) is 0 Å². The summed E-state index contributed by atoms with van der Waals surface area (Å²) in [5.41, 5.74) is 0. The van der Waals surface area contributed by atoms with Crippen molar-refractivity contribution < 1.29 is 5.11 Å². The standard InChI is InChI=1S/C14H28OS2/c1-2-3-4-5-6-7-8-9-13(15)14-12-16-10-11-17-14/h13-15H,2-12H2,1H3. The second-order valence-electron chi connectivity index (χ2n) is 4.96. The summed E-state index contributed by atoms with van der Waals surface area (Å²) in [7, 11) is 0. The Hall–Kier alpha value is 0.660. The lowest BCUT2D eigenvalue weighted by Crippen LogP contribution is -2.28. The van der Waals surface area contributed by atoms with Crippen LogP contribution in [0.25, 0.3) is 0 Å². The Kier molecular flexibility index (Phi) is 9.77. The van der Waals surface area contributed by atoms with E-state index in [9.17, 15) is 5.11 Å². The molecule has 1 fully saturated rings. The molecule has 0 radical (unpaired) electrons. The van der Waals surface area contributed by atoms with Gasteiger partial charge < -0.3 is 5.11 Å². The maximum absolute atomic E-state index is 10.1. The SMILES string of the molecule is CCCCCCCCCC(O)C1CSCCS1. The molecule has 0 aromatic rings. The molecule has 0 aromatic carbocycles. The molecule has 2 unspecified atom stereocenters. The number of hydrogen-bond donors (Lipinski definition) is 1. The summed E-state index contributed by atoms with van der Waals surface area (Å²) in [5, 5.41) is 10.6. The molecular formula is C14H28OS2. The van der Waals surface area contributed by atoms with Crippen molar-refractivity contribution in [2.45, 2.75) is 69.6 Å². The van der Waals surface area contributed by atoms with Crippen molar-refractivity contribution >= 4 is 23.5 Å². The van der Waals surface area contributed by atoms with E-state index in [1.54, 1.807) is 0 Å². The minimum absolute atomic E-state index is 0.0524. The fraction of sp³-hybridized carbons (Fsp3) is 1.00. The number of aliphatic hydroxyl groups excluding tert-OH is 1. The van der Waals surface area contributed by atoms with Gasteiger partial charge in [-0.2, -0.15) is 23.5 Å². The fourth-order valence-electron chi connectivity index (χ4n) is 2.22. The molecule has 0 amide bonds. The Morgan fingerprint density at radius 1 is 1.06 bits per heavy atom. The summed E-state index contributed by atoms with van der Waals surface area (Å²) in [6, 6.07) is 0. The van der Waals surface area contributed by atoms with Crippen LogP contribution in [0.15, 0.2) is 0 Å². The van der Waals surface area contributed by atoms with Crippen molar-refractivity contribution in [1.82, 2.24) is 0 Å². The Labute approximate surface area is 116 Å². The van der Waals surface area contributed by atoms with Crippen molar-refractivity contribution in [2.75, 3.05) is 17.3 Å². The smallest absolute Gasteiger partial charge is 0.0666 e. The Balaban J connectivity index is 1.90. The lowest BCUT2D eigenvalue weighted by molar-refractivity contribution is 0.163. The first-order valence-electron chi connectivity index (χ1n) is 7.22. The molecule has 2 atom stereocenters. The molecule has 17 heavy (non-hydrogen) atoms. The monoisotopic (exact) mass is 276 g/mol. The Bertz CT molecular complexity index is 170. The van der Waals surface area contributed by atoms with Gasteiger partial charge in [0.15, 0.2) is 0 Å². The Morgan fingerprint density at radius 2 is 1.76 bits per heavy atom. The topological polar surface area (TPSA) is 20.2 Å². The van der Waals surface area contributed by atoms with Crippen LogP contribution in [0, 0.1) is 0 Å². The van der Waals surface area contributed by atoms with Crippen LogP contribution in [0.1, 0.15) is 58.3 Å². The molecule has 3 heteroatoms. The summed E-state index contributed by atoms with van der Waals surface area (Å²) < 4.78 is 0. The van der Waals surface area contributed by atoms with Gasteiger partial charge in [0.1, 0.15) is 0 Å². The Morgan fingerprint density at radius 3 is 2.41 bits per heavy atom. The van der Waals surface area contributed by atoms with Crippen LogP contribution < -0.4 is 0 Å². The third kappa shape index (κ3) is 7.63. The molecule has 0 spiro atoms. The largest absolute Gasteiger partial charge is 0.392 e. The third-order valence-electron chi connectivity index (χ3n) is 3.37. The van der Waals surface area contributed by atoms with Crippen LogP contribution in [-0.2, 0) is 0 Å². The van der Waals surface area contributed by atoms with Gasteiger partial charge in [0.25, 0.3) is 0 Å². The molecule has 0 aromatic heterocycles. The summed E-state index contributed by atoms with van der Waals surface area (Å²) >= 11 is 3.98. The predicted octanol–water partition coefficient (Wildman–Crippen LogP) is 4.34. The van der Waals surface area contributed by atoms with Crippen LogP contribution >= 0.6 is 23.5 Å². The maximum Gasteiger partial charge on any atom is 0.0666 e. The molecule has 1 nitrogen and oxygen atoms in total. The normalized spacial score (nSPS) is 22.6. The first kappa shape index (κ1) is 15.7. The van der Waals surface area contributed by atoms with Gasteiger partial charge in [0.2, 0.25) is 0 Å². The van der Waals surface area contributed by atoms with Crippen molar-refractivity contribution in [3.05, 3.63) is 0 Å². The third-order valence-corrected chi connectivity index (χ3v) is 6.28. The van der Waals surface area contributed by atoms with Gasteiger partial charge in [0.05, 0.1) is 6.10 Å². The van der Waals surface area contributed by atoms with Gasteiger partial charge in [-0.1, -0.05) is 51.9 Å². The van der Waals surface area contributed by atoms with Gasteiger partial charge in [0, 0.05) is 22.5 Å². The number of thioether (sulfide) groups is 2. The highest BCUT2D eigenvalue weighted by Crippen LogP contribution is 2.28. The van der Waals surface area contributed by atoms with Crippen LogP contribution in [0.2, 0.25) is 0 Å². The molecular weight excluding hydrogens is 248 g/mol. The van der Waals surface area contributed by atoms with Gasteiger partial charge in [-0.3, -0.25) is 0 Å². The van der Waals surface area contributed by atoms with E-state index in [1.165, 1.54) is 56.5 Å². The van der Waals surface area contributed by atoms with E-state index in [4.69, 9.17) is 0 Å². The fourth-order valence-corrected chi connectivity index (χ4v) is 5.04. The molecule has 0 aliphatic carbocycles. The van der Waals surface area contributed by atoms with Crippen molar-refractivity contribution in [1.29, 1.82) is 0 Å². The molecule has 0 saturated carbocycles. The first-order chi connectivity index (χ1) is 8.34. The second kappa shape index (κ2) is 10.6.